The molecule has 4 heteroatoms. The van der Waals surface area contributed by atoms with Crippen molar-refractivity contribution in [1.82, 2.24) is 4.57 Å². The first kappa shape index (κ1) is 21.9. The lowest BCUT2D eigenvalue weighted by molar-refractivity contribution is 0.566. The average Bonchev–Trinajstić information content (AvgIpc) is 3.04. The molecule has 3 aromatic carbocycles. The number of rotatable bonds is 6. The summed E-state index contributed by atoms with van der Waals surface area (Å²) in [7, 11) is 0. The largest absolute Gasteiger partial charge is 0.340 e. The molecule has 0 spiro atoms. The van der Waals surface area contributed by atoms with Crippen LogP contribution >= 0.6 is 0 Å². The minimum Gasteiger partial charge on any atom is -0.340 e. The van der Waals surface area contributed by atoms with Crippen LogP contribution in [0.25, 0.3) is 10.9 Å². The highest BCUT2D eigenvalue weighted by atomic mass is 19.1. The molecule has 0 aliphatic rings. The summed E-state index contributed by atoms with van der Waals surface area (Å²) in [4.78, 5) is 5.01. The number of benzene rings is 3. The zero-order valence-corrected chi connectivity index (χ0v) is 19.0. The molecule has 0 radical (unpaired) electrons. The molecule has 4 rings (SSSR count). The maximum Gasteiger partial charge on any atom is 0.131 e. The van der Waals surface area contributed by atoms with E-state index in [1.165, 1.54) is 17.7 Å². The highest BCUT2D eigenvalue weighted by Gasteiger charge is 2.15. The predicted octanol–water partition coefficient (Wildman–Crippen LogP) is 7.54. The van der Waals surface area contributed by atoms with E-state index in [9.17, 15) is 8.78 Å². The van der Waals surface area contributed by atoms with Crippen molar-refractivity contribution in [2.45, 2.75) is 46.7 Å². The van der Waals surface area contributed by atoms with E-state index in [1.807, 2.05) is 25.1 Å². The second-order valence-electron chi connectivity index (χ2n) is 8.31. The zero-order chi connectivity index (χ0) is 22.8. The Morgan fingerprint density at radius 3 is 2.41 bits per heavy atom. The molecule has 0 aliphatic carbocycles. The molecule has 1 aromatic heterocycles. The maximum absolute atomic E-state index is 14.3. The molecule has 0 fully saturated rings. The fourth-order valence-electron chi connectivity index (χ4n) is 4.28. The molecule has 164 valence electrons. The number of hydrogen-bond acceptors (Lipinski definition) is 1. The van der Waals surface area contributed by atoms with E-state index in [-0.39, 0.29) is 6.04 Å². The summed E-state index contributed by atoms with van der Waals surface area (Å²) in [5.74, 6) is -1.08. The smallest absolute Gasteiger partial charge is 0.131 e. The summed E-state index contributed by atoms with van der Waals surface area (Å²) in [6, 6.07) is 20.6. The number of aliphatic imine (C=N–C) groups is 1. The molecule has 32 heavy (non-hydrogen) atoms. The number of halogens is 2. The van der Waals surface area contributed by atoms with Gasteiger partial charge in [0.05, 0.1) is 12.6 Å². The lowest BCUT2D eigenvalue weighted by Gasteiger charge is -2.13. The van der Waals surface area contributed by atoms with Crippen molar-refractivity contribution in [2.75, 3.05) is 0 Å². The lowest BCUT2D eigenvalue weighted by atomic mass is 10.0. The van der Waals surface area contributed by atoms with Crippen LogP contribution in [0.2, 0.25) is 0 Å². The zero-order valence-electron chi connectivity index (χ0n) is 19.0. The molecule has 4 aromatic rings. The van der Waals surface area contributed by atoms with Crippen molar-refractivity contribution in [2.24, 2.45) is 4.99 Å². The van der Waals surface area contributed by atoms with E-state index < -0.39 is 11.6 Å². The third-order valence-electron chi connectivity index (χ3n) is 6.32. The molecule has 0 aliphatic heterocycles. The van der Waals surface area contributed by atoms with E-state index in [4.69, 9.17) is 4.99 Å². The van der Waals surface area contributed by atoms with Crippen LogP contribution in [0.4, 0.5) is 8.78 Å². The lowest BCUT2D eigenvalue weighted by Crippen LogP contribution is -2.04. The standard InChI is InChI=1S/C28H28F2N2/c1-5-27(21-9-7-6-8-10-21)31-19(3)22-12-14-28-25(15-22)18(2)20(4)32(28)17-23-11-13-24(29)16-26(23)30/h6-16,27H,5,17H2,1-4H3. The number of aryl methyl sites for hydroxylation is 1. The first-order chi connectivity index (χ1) is 15.4. The molecular weight excluding hydrogens is 402 g/mol. The highest BCUT2D eigenvalue weighted by Crippen LogP contribution is 2.29. The van der Waals surface area contributed by atoms with E-state index >= 15 is 0 Å². The first-order valence-electron chi connectivity index (χ1n) is 11.0. The van der Waals surface area contributed by atoms with Gasteiger partial charge in [0.25, 0.3) is 0 Å². The fraction of sp³-hybridized carbons (Fsp3) is 0.250. The van der Waals surface area contributed by atoms with Gasteiger partial charge in [0.2, 0.25) is 0 Å². The molecule has 1 unspecified atom stereocenters. The molecule has 1 heterocycles. The van der Waals surface area contributed by atoms with Gasteiger partial charge in [-0.1, -0.05) is 49.4 Å². The third kappa shape index (κ3) is 4.22. The van der Waals surface area contributed by atoms with Crippen LogP contribution in [0.15, 0.2) is 71.7 Å². The Bertz CT molecular complexity index is 1290. The van der Waals surface area contributed by atoms with Gasteiger partial charge in [-0.05, 0) is 62.1 Å². The van der Waals surface area contributed by atoms with Crippen LogP contribution in [-0.4, -0.2) is 10.3 Å². The number of hydrogen-bond donors (Lipinski definition) is 0. The molecule has 0 saturated carbocycles. The van der Waals surface area contributed by atoms with E-state index in [0.29, 0.717) is 12.1 Å². The van der Waals surface area contributed by atoms with E-state index in [2.05, 4.69) is 55.7 Å². The molecule has 1 atom stereocenters. The fourth-order valence-corrected chi connectivity index (χ4v) is 4.28. The predicted molar refractivity (Wildman–Crippen MR) is 129 cm³/mol. The number of fused-ring (bicyclic) bond motifs is 1. The Labute approximate surface area is 188 Å². The Morgan fingerprint density at radius 1 is 0.969 bits per heavy atom. The summed E-state index contributed by atoms with van der Waals surface area (Å²) >= 11 is 0. The highest BCUT2D eigenvalue weighted by molar-refractivity contribution is 6.02. The number of nitrogens with zero attached hydrogens (tertiary/aromatic N) is 2. The monoisotopic (exact) mass is 430 g/mol. The molecule has 0 saturated heterocycles. The minimum absolute atomic E-state index is 0.126. The van der Waals surface area contributed by atoms with Gasteiger partial charge in [-0.25, -0.2) is 8.78 Å². The Balaban J connectivity index is 1.71. The minimum atomic E-state index is -0.559. The summed E-state index contributed by atoms with van der Waals surface area (Å²) in [5.41, 5.74) is 7.04. The van der Waals surface area contributed by atoms with E-state index in [0.717, 1.165) is 45.9 Å². The molecule has 0 amide bonds. The second-order valence-corrected chi connectivity index (χ2v) is 8.31. The van der Waals surface area contributed by atoms with Crippen molar-refractivity contribution < 1.29 is 8.78 Å². The average molecular weight is 431 g/mol. The van der Waals surface area contributed by atoms with Crippen LogP contribution in [-0.2, 0) is 6.54 Å². The summed E-state index contributed by atoms with van der Waals surface area (Å²) in [5, 5.41) is 1.13. The van der Waals surface area contributed by atoms with Gasteiger partial charge in [0.15, 0.2) is 0 Å². The van der Waals surface area contributed by atoms with Crippen molar-refractivity contribution >= 4 is 16.6 Å². The second kappa shape index (κ2) is 9.07. The molecule has 2 nitrogen and oxygen atoms in total. The van der Waals surface area contributed by atoms with Crippen LogP contribution in [0, 0.1) is 25.5 Å². The van der Waals surface area contributed by atoms with Crippen molar-refractivity contribution in [1.29, 1.82) is 0 Å². The Kier molecular flexibility index (Phi) is 6.22. The van der Waals surface area contributed by atoms with Gasteiger partial charge in [-0.2, -0.15) is 0 Å². The maximum atomic E-state index is 14.3. The summed E-state index contributed by atoms with van der Waals surface area (Å²) in [6.07, 6.45) is 0.932. The van der Waals surface area contributed by atoms with Gasteiger partial charge in [-0.15, -0.1) is 0 Å². The third-order valence-corrected chi connectivity index (χ3v) is 6.32. The molecule has 0 N–H and O–H groups in total. The Morgan fingerprint density at radius 2 is 1.72 bits per heavy atom. The number of aromatic nitrogens is 1. The van der Waals surface area contributed by atoms with Crippen LogP contribution in [0.3, 0.4) is 0 Å². The normalized spacial score (nSPS) is 13.0. The van der Waals surface area contributed by atoms with Gasteiger partial charge in [-0.3, -0.25) is 4.99 Å². The quantitative estimate of drug-likeness (QED) is 0.281. The van der Waals surface area contributed by atoms with E-state index in [1.54, 1.807) is 0 Å². The van der Waals surface area contributed by atoms with Gasteiger partial charge in [0, 0.05) is 33.9 Å². The summed E-state index contributed by atoms with van der Waals surface area (Å²) < 4.78 is 29.7. The summed E-state index contributed by atoms with van der Waals surface area (Å²) in [6.45, 7) is 8.70. The van der Waals surface area contributed by atoms with Crippen molar-refractivity contribution in [3.05, 3.63) is 106 Å². The van der Waals surface area contributed by atoms with Crippen LogP contribution in [0.1, 0.15) is 54.3 Å². The van der Waals surface area contributed by atoms with Gasteiger partial charge >= 0.3 is 0 Å². The van der Waals surface area contributed by atoms with Crippen LogP contribution in [0.5, 0.6) is 0 Å². The SMILES string of the molecule is CCC(N=C(C)c1ccc2c(c1)c(C)c(C)n2Cc1ccc(F)cc1F)c1ccccc1. The van der Waals surface area contributed by atoms with Crippen molar-refractivity contribution in [3.63, 3.8) is 0 Å². The van der Waals surface area contributed by atoms with Gasteiger partial charge in [0.1, 0.15) is 11.6 Å². The first-order valence-corrected chi connectivity index (χ1v) is 11.0. The Hall–Kier alpha value is -3.27. The topological polar surface area (TPSA) is 17.3 Å². The van der Waals surface area contributed by atoms with Crippen molar-refractivity contribution in [3.8, 4) is 0 Å². The molecule has 0 bridgehead atoms. The van der Waals surface area contributed by atoms with Crippen LogP contribution < -0.4 is 0 Å². The van der Waals surface area contributed by atoms with Gasteiger partial charge < -0.3 is 4.57 Å². The molecular formula is C28H28F2N2.